The van der Waals surface area contributed by atoms with Crippen molar-refractivity contribution in [2.24, 2.45) is 11.8 Å². The van der Waals surface area contributed by atoms with E-state index in [0.29, 0.717) is 19.4 Å². The van der Waals surface area contributed by atoms with Gasteiger partial charge in [0.05, 0.1) is 24.4 Å². The maximum absolute atomic E-state index is 13.1. The molecule has 2 unspecified atom stereocenters. The molecule has 1 aliphatic carbocycles. The number of hydrogen-bond donors (Lipinski definition) is 3. The second-order valence-corrected chi connectivity index (χ2v) is 11.8. The Kier molecular flexibility index (Phi) is 10.8. The standard InChI is InChI=1S/C23H41N4O6PS/c1-15-19(33-4)14-27(20(15)16(2)28)21(29)18(24-3)12-10-8-6-7-9-11-17-13-23(17,26-34)22(30)25-35(5,31)32/h9,11,15,17-20,24,26H,6-8,10,12-14,34H2,1-5H3,(H,25,30)/b11-9+/t15?,17-,18+,19+,20+,23-/m1/s1. The number of likely N-dealkylation sites (tertiary alicyclic amines) is 1. The third-order valence-electron chi connectivity index (χ3n) is 7.13. The number of amides is 2. The Morgan fingerprint density at radius 2 is 1.94 bits per heavy atom. The topological polar surface area (TPSA) is 134 Å². The highest BCUT2D eigenvalue weighted by Crippen LogP contribution is 2.45. The molecule has 1 aliphatic heterocycles. The van der Waals surface area contributed by atoms with Crippen LogP contribution in [0.5, 0.6) is 0 Å². The molecule has 0 aromatic heterocycles. The second kappa shape index (κ2) is 12.7. The molecule has 1 saturated heterocycles. The maximum Gasteiger partial charge on any atom is 0.254 e. The first-order valence-corrected chi connectivity index (χ1v) is 14.6. The molecule has 3 N–H and O–H groups in total. The van der Waals surface area contributed by atoms with Gasteiger partial charge < -0.3 is 15.0 Å². The average Bonchev–Trinajstić information content (AvgIpc) is 3.40. The first-order chi connectivity index (χ1) is 16.4. The summed E-state index contributed by atoms with van der Waals surface area (Å²) in [4.78, 5) is 39.3. The van der Waals surface area contributed by atoms with Crippen LogP contribution in [-0.2, 0) is 29.1 Å². The first kappa shape index (κ1) is 29.8. The molecule has 2 aliphatic rings. The van der Waals surface area contributed by atoms with Gasteiger partial charge in [-0.25, -0.2) is 8.42 Å². The van der Waals surface area contributed by atoms with Crippen molar-refractivity contribution in [3.05, 3.63) is 12.2 Å². The summed E-state index contributed by atoms with van der Waals surface area (Å²) in [7, 11) is 2.08. The maximum atomic E-state index is 13.1. The van der Waals surface area contributed by atoms with Crippen molar-refractivity contribution in [1.29, 1.82) is 0 Å². The number of nitrogens with one attached hydrogen (secondary N) is 3. The van der Waals surface area contributed by atoms with Crippen molar-refractivity contribution >= 4 is 37.0 Å². The summed E-state index contributed by atoms with van der Waals surface area (Å²) in [6.45, 7) is 3.91. The molecule has 10 nitrogen and oxygen atoms in total. The third kappa shape index (κ3) is 7.55. The third-order valence-corrected chi connectivity index (χ3v) is 8.20. The van der Waals surface area contributed by atoms with E-state index in [2.05, 4.69) is 19.8 Å². The largest absolute Gasteiger partial charge is 0.379 e. The van der Waals surface area contributed by atoms with Crippen LogP contribution in [0.2, 0.25) is 0 Å². The number of ketones is 1. The van der Waals surface area contributed by atoms with Gasteiger partial charge in [-0.2, -0.15) is 0 Å². The summed E-state index contributed by atoms with van der Waals surface area (Å²) < 4.78 is 30.2. The summed E-state index contributed by atoms with van der Waals surface area (Å²) in [5.41, 5.74) is -0.892. The molecule has 0 bridgehead atoms. The Labute approximate surface area is 211 Å². The predicted octanol–water partition coefficient (Wildman–Crippen LogP) is 0.746. The summed E-state index contributed by atoms with van der Waals surface area (Å²) in [6.07, 6.45) is 9.61. The van der Waals surface area contributed by atoms with Crippen molar-refractivity contribution in [2.45, 2.75) is 76.1 Å². The molecule has 0 aromatic rings. The Bertz CT molecular complexity index is 914. The van der Waals surface area contributed by atoms with Crippen molar-refractivity contribution in [2.75, 3.05) is 27.0 Å². The number of nitrogens with zero attached hydrogens (tertiary/aromatic N) is 1. The van der Waals surface area contributed by atoms with Crippen LogP contribution in [0.25, 0.3) is 0 Å². The number of Topliss-reactive ketones (excluding diaryl/α,β-unsaturated/α-hetero) is 1. The van der Waals surface area contributed by atoms with Gasteiger partial charge in [0, 0.05) is 25.5 Å². The molecule has 2 amide bonds. The monoisotopic (exact) mass is 532 g/mol. The van der Waals surface area contributed by atoms with E-state index in [1.54, 1.807) is 19.1 Å². The molecular weight excluding hydrogens is 491 g/mol. The molecule has 200 valence electrons. The summed E-state index contributed by atoms with van der Waals surface area (Å²) in [6, 6.07) is -0.790. The fourth-order valence-corrected chi connectivity index (χ4v) is 5.96. The number of unbranched alkanes of at least 4 members (excludes halogenated alkanes) is 3. The van der Waals surface area contributed by atoms with Gasteiger partial charge in [-0.1, -0.05) is 41.3 Å². The Morgan fingerprint density at radius 3 is 2.49 bits per heavy atom. The van der Waals surface area contributed by atoms with Crippen LogP contribution in [0.3, 0.4) is 0 Å². The molecule has 2 rings (SSSR count). The highest BCUT2D eigenvalue weighted by molar-refractivity contribution is 7.89. The first-order valence-electron chi connectivity index (χ1n) is 12.1. The van der Waals surface area contributed by atoms with Gasteiger partial charge in [0.15, 0.2) is 5.78 Å². The van der Waals surface area contributed by atoms with Crippen LogP contribution in [0.4, 0.5) is 0 Å². The SMILES string of the molecule is CN[C@@H](CCCCC/C=C/[C@@H]1C[C@]1(NP)C(=O)NS(C)(=O)=O)C(=O)N1C[C@H](OC)C(C)[C@H]1C(C)=O. The zero-order valence-electron chi connectivity index (χ0n) is 21.4. The number of sulfonamides is 1. The fourth-order valence-electron chi connectivity index (χ4n) is 4.98. The minimum Gasteiger partial charge on any atom is -0.379 e. The number of rotatable bonds is 14. The van der Waals surface area contributed by atoms with E-state index >= 15 is 0 Å². The molecule has 2 fully saturated rings. The van der Waals surface area contributed by atoms with Crippen molar-refractivity contribution in [3.8, 4) is 0 Å². The lowest BCUT2D eigenvalue weighted by molar-refractivity contribution is -0.139. The quantitative estimate of drug-likeness (QED) is 0.170. The lowest BCUT2D eigenvalue weighted by Crippen LogP contribution is -2.50. The Morgan fingerprint density at radius 1 is 1.26 bits per heavy atom. The van der Waals surface area contributed by atoms with E-state index in [1.807, 2.05) is 23.8 Å². The van der Waals surface area contributed by atoms with Crippen molar-refractivity contribution in [3.63, 3.8) is 0 Å². The van der Waals surface area contributed by atoms with Gasteiger partial charge in [-0.3, -0.25) is 24.2 Å². The molecule has 12 heteroatoms. The van der Waals surface area contributed by atoms with E-state index in [4.69, 9.17) is 4.74 Å². The van der Waals surface area contributed by atoms with Crippen molar-refractivity contribution in [1.82, 2.24) is 20.0 Å². The molecule has 1 heterocycles. The van der Waals surface area contributed by atoms with Gasteiger partial charge >= 0.3 is 0 Å². The van der Waals surface area contributed by atoms with E-state index in [0.717, 1.165) is 31.9 Å². The number of likely N-dealkylation sites (N-methyl/N-ethyl adjacent to an activating group) is 1. The van der Waals surface area contributed by atoms with E-state index in [1.165, 1.54) is 6.92 Å². The number of hydrogen-bond acceptors (Lipinski definition) is 8. The van der Waals surface area contributed by atoms with Gasteiger partial charge in [-0.15, -0.1) is 0 Å². The zero-order chi connectivity index (χ0) is 26.4. The van der Waals surface area contributed by atoms with Gasteiger partial charge in [0.2, 0.25) is 15.9 Å². The van der Waals surface area contributed by atoms with E-state index < -0.39 is 27.5 Å². The number of ether oxygens (including phenoxy) is 1. The van der Waals surface area contributed by atoms with Gasteiger partial charge in [0.1, 0.15) is 5.54 Å². The van der Waals surface area contributed by atoms with E-state index in [9.17, 15) is 22.8 Å². The average molecular weight is 533 g/mol. The number of carbonyl (C=O) groups excluding carboxylic acids is 3. The normalized spacial score (nSPS) is 29.4. The fraction of sp³-hybridized carbons (Fsp3) is 0.783. The van der Waals surface area contributed by atoms with Crippen LogP contribution in [0.1, 0.15) is 52.4 Å². The molecule has 0 radical (unpaired) electrons. The second-order valence-electron chi connectivity index (χ2n) is 9.72. The molecule has 35 heavy (non-hydrogen) atoms. The highest BCUT2D eigenvalue weighted by atomic mass is 32.2. The number of carbonyl (C=O) groups is 3. The zero-order valence-corrected chi connectivity index (χ0v) is 23.3. The molecule has 7 atom stereocenters. The van der Waals surface area contributed by atoms with Crippen LogP contribution in [0, 0.1) is 11.8 Å². The van der Waals surface area contributed by atoms with Crippen LogP contribution in [0.15, 0.2) is 12.2 Å². The van der Waals surface area contributed by atoms with Crippen LogP contribution >= 0.6 is 9.39 Å². The van der Waals surface area contributed by atoms with Gasteiger partial charge in [-0.05, 0) is 39.7 Å². The lowest BCUT2D eigenvalue weighted by Gasteiger charge is -2.28. The summed E-state index contributed by atoms with van der Waals surface area (Å²) in [5.74, 6) is -0.696. The molecule has 0 aromatic carbocycles. The molecule has 0 spiro atoms. The smallest absolute Gasteiger partial charge is 0.254 e. The minimum absolute atomic E-state index is 0.0163. The number of methoxy groups -OCH3 is 1. The van der Waals surface area contributed by atoms with E-state index in [-0.39, 0.29) is 35.7 Å². The number of allylic oxidation sites excluding steroid dienone is 1. The Balaban J connectivity index is 1.76. The lowest BCUT2D eigenvalue weighted by atomic mass is 9.97. The van der Waals surface area contributed by atoms with Crippen LogP contribution < -0.4 is 15.1 Å². The Hall–Kier alpha value is -1.39. The van der Waals surface area contributed by atoms with Crippen LogP contribution in [-0.4, -0.2) is 81.6 Å². The van der Waals surface area contributed by atoms with Gasteiger partial charge in [0.25, 0.3) is 5.91 Å². The molecule has 1 saturated carbocycles. The summed E-state index contributed by atoms with van der Waals surface area (Å²) in [5, 5.41) is 5.98. The summed E-state index contributed by atoms with van der Waals surface area (Å²) >= 11 is 0. The minimum atomic E-state index is -3.60. The highest BCUT2D eigenvalue weighted by Gasteiger charge is 2.58. The van der Waals surface area contributed by atoms with Crippen molar-refractivity contribution < 1.29 is 27.5 Å². The molecular formula is C23H41N4O6PS. The predicted molar refractivity (Wildman–Crippen MR) is 138 cm³/mol.